The lowest BCUT2D eigenvalue weighted by Gasteiger charge is -2.13. The second-order valence-electron chi connectivity index (χ2n) is 6.31. The van der Waals surface area contributed by atoms with Crippen molar-refractivity contribution in [1.82, 2.24) is 14.6 Å². The van der Waals surface area contributed by atoms with Gasteiger partial charge in [0.1, 0.15) is 17.1 Å². The first-order valence-corrected chi connectivity index (χ1v) is 8.58. The molecule has 28 heavy (non-hydrogen) atoms. The van der Waals surface area contributed by atoms with Gasteiger partial charge in [0.05, 0.1) is 19.0 Å². The summed E-state index contributed by atoms with van der Waals surface area (Å²) >= 11 is 0. The molecule has 2 aromatic heterocycles. The molecule has 0 saturated carbocycles. The molecule has 0 aliphatic carbocycles. The summed E-state index contributed by atoms with van der Waals surface area (Å²) in [6.45, 7) is 3.65. The Kier molecular flexibility index (Phi) is 5.25. The van der Waals surface area contributed by atoms with Gasteiger partial charge in [-0.05, 0) is 38.0 Å². The SMILES string of the molecule is COc1cc(F)ccc1NC(=O)CCc1c(C)nc2c(C(N)=O)cnn2c1C. The molecule has 0 spiro atoms. The van der Waals surface area contributed by atoms with Crippen molar-refractivity contribution in [2.24, 2.45) is 5.73 Å². The number of rotatable bonds is 6. The number of nitrogens with two attached hydrogens (primary N) is 1. The van der Waals surface area contributed by atoms with Crippen LogP contribution in [0.15, 0.2) is 24.4 Å². The second-order valence-corrected chi connectivity index (χ2v) is 6.31. The van der Waals surface area contributed by atoms with E-state index in [2.05, 4.69) is 15.4 Å². The third-order valence-electron chi connectivity index (χ3n) is 4.51. The summed E-state index contributed by atoms with van der Waals surface area (Å²) < 4.78 is 19.9. The summed E-state index contributed by atoms with van der Waals surface area (Å²) in [5.41, 5.74) is 8.72. The maximum atomic E-state index is 13.3. The molecule has 0 radical (unpaired) electrons. The van der Waals surface area contributed by atoms with Crippen molar-refractivity contribution >= 4 is 23.1 Å². The minimum Gasteiger partial charge on any atom is -0.494 e. The number of amides is 2. The van der Waals surface area contributed by atoms with Gasteiger partial charge in [0.25, 0.3) is 5.91 Å². The van der Waals surface area contributed by atoms with Gasteiger partial charge in [0.2, 0.25) is 5.91 Å². The van der Waals surface area contributed by atoms with Gasteiger partial charge in [-0.15, -0.1) is 0 Å². The second kappa shape index (κ2) is 7.63. The smallest absolute Gasteiger partial charge is 0.254 e. The van der Waals surface area contributed by atoms with E-state index in [-0.39, 0.29) is 23.6 Å². The summed E-state index contributed by atoms with van der Waals surface area (Å²) in [6, 6.07) is 3.90. The van der Waals surface area contributed by atoms with Gasteiger partial charge in [0, 0.05) is 23.9 Å². The van der Waals surface area contributed by atoms with Crippen LogP contribution < -0.4 is 15.8 Å². The Morgan fingerprint density at radius 1 is 1.32 bits per heavy atom. The fourth-order valence-electron chi connectivity index (χ4n) is 3.07. The lowest BCUT2D eigenvalue weighted by atomic mass is 10.1. The van der Waals surface area contributed by atoms with Crippen LogP contribution in [0, 0.1) is 19.7 Å². The Morgan fingerprint density at radius 3 is 2.75 bits per heavy atom. The maximum Gasteiger partial charge on any atom is 0.254 e. The highest BCUT2D eigenvalue weighted by molar-refractivity contribution is 5.98. The molecule has 0 bridgehead atoms. The van der Waals surface area contributed by atoms with Gasteiger partial charge in [-0.3, -0.25) is 9.59 Å². The number of hydrogen-bond acceptors (Lipinski definition) is 5. The zero-order valence-corrected chi connectivity index (χ0v) is 15.7. The zero-order valence-electron chi connectivity index (χ0n) is 15.7. The summed E-state index contributed by atoms with van der Waals surface area (Å²) in [5, 5.41) is 6.89. The number of hydrogen-bond donors (Lipinski definition) is 2. The number of carbonyl (C=O) groups excluding carboxylic acids is 2. The molecule has 146 valence electrons. The molecule has 0 unspecified atom stereocenters. The largest absolute Gasteiger partial charge is 0.494 e. The molecule has 0 atom stereocenters. The number of nitrogens with one attached hydrogen (secondary N) is 1. The normalized spacial score (nSPS) is 10.9. The van der Waals surface area contributed by atoms with E-state index in [9.17, 15) is 14.0 Å². The molecular weight excluding hydrogens is 365 g/mol. The topological polar surface area (TPSA) is 112 Å². The highest BCUT2D eigenvalue weighted by Crippen LogP contribution is 2.25. The van der Waals surface area contributed by atoms with E-state index < -0.39 is 11.7 Å². The first-order chi connectivity index (χ1) is 13.3. The van der Waals surface area contributed by atoms with E-state index in [1.54, 1.807) is 11.4 Å². The molecule has 0 saturated heterocycles. The Labute approximate surface area is 160 Å². The predicted octanol–water partition coefficient (Wildman–Crippen LogP) is 2.16. The van der Waals surface area contributed by atoms with Crippen LogP contribution in [-0.4, -0.2) is 33.5 Å². The molecule has 2 amide bonds. The number of benzene rings is 1. The van der Waals surface area contributed by atoms with E-state index in [1.807, 2.05) is 6.92 Å². The predicted molar refractivity (Wildman–Crippen MR) is 101 cm³/mol. The van der Waals surface area contributed by atoms with Crippen LogP contribution in [0.2, 0.25) is 0 Å². The van der Waals surface area contributed by atoms with Crippen LogP contribution in [0.4, 0.5) is 10.1 Å². The fraction of sp³-hybridized carbons (Fsp3) is 0.263. The standard InChI is InChI=1S/C19H20FN5O3/c1-10-13(11(2)25-19(23-10)14(9-22-25)18(21)27)5-7-17(26)24-15-6-4-12(20)8-16(15)28-3/h4,6,8-9H,5,7H2,1-3H3,(H2,21,27)(H,24,26). The van der Waals surface area contributed by atoms with Gasteiger partial charge >= 0.3 is 0 Å². The lowest BCUT2D eigenvalue weighted by molar-refractivity contribution is -0.116. The number of ether oxygens (including phenoxy) is 1. The monoisotopic (exact) mass is 385 g/mol. The highest BCUT2D eigenvalue weighted by Gasteiger charge is 2.17. The molecule has 0 aliphatic rings. The molecule has 0 aliphatic heterocycles. The first-order valence-electron chi connectivity index (χ1n) is 8.58. The zero-order chi connectivity index (χ0) is 20.4. The van der Waals surface area contributed by atoms with Crippen molar-refractivity contribution in [2.45, 2.75) is 26.7 Å². The highest BCUT2D eigenvalue weighted by atomic mass is 19.1. The number of methoxy groups -OCH3 is 1. The average molecular weight is 385 g/mol. The molecule has 3 N–H and O–H groups in total. The van der Waals surface area contributed by atoms with Crippen LogP contribution in [-0.2, 0) is 11.2 Å². The van der Waals surface area contributed by atoms with Crippen molar-refractivity contribution in [2.75, 3.05) is 12.4 Å². The molecule has 0 fully saturated rings. The Bertz CT molecular complexity index is 1080. The van der Waals surface area contributed by atoms with Crippen LogP contribution >= 0.6 is 0 Å². The average Bonchev–Trinajstić information content (AvgIpc) is 3.07. The third-order valence-corrected chi connectivity index (χ3v) is 4.51. The number of anilines is 1. The minimum absolute atomic E-state index is 0.180. The summed E-state index contributed by atoms with van der Waals surface area (Å²) in [5.74, 6) is -1.04. The van der Waals surface area contributed by atoms with Crippen molar-refractivity contribution < 1.29 is 18.7 Å². The molecule has 3 aromatic rings. The van der Waals surface area contributed by atoms with Crippen molar-refractivity contribution in [3.05, 3.63) is 52.7 Å². The number of nitrogens with zero attached hydrogens (tertiary/aromatic N) is 3. The van der Waals surface area contributed by atoms with Gasteiger partial charge in [-0.25, -0.2) is 13.9 Å². The quantitative estimate of drug-likeness (QED) is 0.675. The van der Waals surface area contributed by atoms with Crippen molar-refractivity contribution in [1.29, 1.82) is 0 Å². The van der Waals surface area contributed by atoms with Crippen LogP contribution in [0.1, 0.15) is 33.7 Å². The Balaban J connectivity index is 1.78. The van der Waals surface area contributed by atoms with Gasteiger partial charge in [-0.1, -0.05) is 0 Å². The van der Waals surface area contributed by atoms with E-state index in [1.165, 1.54) is 31.5 Å². The Hall–Kier alpha value is -3.49. The molecule has 1 aromatic carbocycles. The van der Waals surface area contributed by atoms with E-state index >= 15 is 0 Å². The lowest BCUT2D eigenvalue weighted by Crippen LogP contribution is -2.15. The third kappa shape index (κ3) is 3.64. The number of carbonyl (C=O) groups is 2. The summed E-state index contributed by atoms with van der Waals surface area (Å²) in [4.78, 5) is 28.3. The summed E-state index contributed by atoms with van der Waals surface area (Å²) in [7, 11) is 1.41. The number of primary amides is 1. The van der Waals surface area contributed by atoms with E-state index in [0.717, 1.165) is 11.3 Å². The van der Waals surface area contributed by atoms with E-state index in [0.29, 0.717) is 23.4 Å². The molecule has 2 heterocycles. The summed E-state index contributed by atoms with van der Waals surface area (Å²) in [6.07, 6.45) is 1.98. The van der Waals surface area contributed by atoms with Crippen LogP contribution in [0.5, 0.6) is 5.75 Å². The van der Waals surface area contributed by atoms with Gasteiger partial charge in [-0.2, -0.15) is 5.10 Å². The van der Waals surface area contributed by atoms with E-state index in [4.69, 9.17) is 10.5 Å². The fourth-order valence-corrected chi connectivity index (χ4v) is 3.07. The number of aromatic nitrogens is 3. The van der Waals surface area contributed by atoms with Crippen molar-refractivity contribution in [3.63, 3.8) is 0 Å². The van der Waals surface area contributed by atoms with Crippen LogP contribution in [0.3, 0.4) is 0 Å². The molecule has 8 nitrogen and oxygen atoms in total. The molecule has 3 rings (SSSR count). The van der Waals surface area contributed by atoms with Crippen molar-refractivity contribution in [3.8, 4) is 5.75 Å². The number of aryl methyl sites for hydroxylation is 2. The van der Waals surface area contributed by atoms with Gasteiger partial charge < -0.3 is 15.8 Å². The minimum atomic E-state index is -0.596. The number of halogens is 1. The first kappa shape index (κ1) is 19.3. The Morgan fingerprint density at radius 2 is 2.07 bits per heavy atom. The number of fused-ring (bicyclic) bond motifs is 1. The molecule has 9 heteroatoms. The molecular formula is C19H20FN5O3. The van der Waals surface area contributed by atoms with Gasteiger partial charge in [0.15, 0.2) is 5.65 Å². The maximum absolute atomic E-state index is 13.3. The van der Waals surface area contributed by atoms with Crippen LogP contribution in [0.25, 0.3) is 5.65 Å².